The molecule has 0 aliphatic heterocycles. The molecule has 23 heavy (non-hydrogen) atoms. The quantitative estimate of drug-likeness (QED) is 0.848. The van der Waals surface area contributed by atoms with Crippen molar-refractivity contribution in [3.05, 3.63) is 35.9 Å². The highest BCUT2D eigenvalue weighted by molar-refractivity contribution is 5.89. The lowest BCUT2D eigenvalue weighted by Crippen LogP contribution is -2.45. The van der Waals surface area contributed by atoms with Crippen LogP contribution < -0.4 is 10.6 Å². The van der Waals surface area contributed by atoms with E-state index in [2.05, 4.69) is 10.6 Å². The lowest BCUT2D eigenvalue weighted by Gasteiger charge is -2.35. The number of hydrogen-bond acceptors (Lipinski definition) is 2. The molecule has 0 atom stereocenters. The summed E-state index contributed by atoms with van der Waals surface area (Å²) in [5.41, 5.74) is 0.584. The number of benzene rings is 1. The van der Waals surface area contributed by atoms with Gasteiger partial charge in [-0.2, -0.15) is 0 Å². The molecule has 1 aromatic rings. The Morgan fingerprint density at radius 3 is 2.39 bits per heavy atom. The van der Waals surface area contributed by atoms with E-state index in [1.54, 1.807) is 0 Å². The van der Waals surface area contributed by atoms with Crippen molar-refractivity contribution in [2.24, 2.45) is 5.41 Å². The molecular weight excluding hydrogens is 288 g/mol. The van der Waals surface area contributed by atoms with E-state index in [4.69, 9.17) is 0 Å². The van der Waals surface area contributed by atoms with Crippen LogP contribution in [0.5, 0.6) is 0 Å². The minimum absolute atomic E-state index is 0.0456. The van der Waals surface area contributed by atoms with Crippen molar-refractivity contribution in [2.45, 2.75) is 64.0 Å². The van der Waals surface area contributed by atoms with Gasteiger partial charge in [-0.25, -0.2) is 0 Å². The summed E-state index contributed by atoms with van der Waals surface area (Å²) >= 11 is 0. The van der Waals surface area contributed by atoms with Crippen molar-refractivity contribution >= 4 is 11.8 Å². The highest BCUT2D eigenvalue weighted by Crippen LogP contribution is 2.40. The maximum atomic E-state index is 12.8. The van der Waals surface area contributed by atoms with Gasteiger partial charge < -0.3 is 10.6 Å². The van der Waals surface area contributed by atoms with E-state index in [-0.39, 0.29) is 11.8 Å². The zero-order valence-corrected chi connectivity index (χ0v) is 13.6. The van der Waals surface area contributed by atoms with Gasteiger partial charge >= 0.3 is 0 Å². The lowest BCUT2D eigenvalue weighted by atomic mass is 9.71. The Bertz CT molecular complexity index is 546. The van der Waals surface area contributed by atoms with Gasteiger partial charge in [0.05, 0.1) is 5.41 Å². The molecule has 1 aromatic carbocycles. The first kappa shape index (κ1) is 16.0. The smallest absolute Gasteiger partial charge is 0.227 e. The predicted molar refractivity (Wildman–Crippen MR) is 89.6 cm³/mol. The average Bonchev–Trinajstić information content (AvgIpc) is 3.38. The topological polar surface area (TPSA) is 58.2 Å². The molecule has 4 heteroatoms. The van der Waals surface area contributed by atoms with Crippen LogP contribution in [-0.4, -0.2) is 17.9 Å². The normalized spacial score (nSPS) is 19.8. The molecule has 0 aromatic heterocycles. The molecule has 2 fully saturated rings. The zero-order chi connectivity index (χ0) is 16.1. The van der Waals surface area contributed by atoms with E-state index in [0.717, 1.165) is 50.5 Å². The van der Waals surface area contributed by atoms with Crippen molar-refractivity contribution in [1.29, 1.82) is 0 Å². The number of rotatable bonds is 6. The van der Waals surface area contributed by atoms with E-state index in [1.807, 2.05) is 30.3 Å². The molecule has 0 bridgehead atoms. The van der Waals surface area contributed by atoms with Crippen molar-refractivity contribution in [3.8, 4) is 0 Å². The van der Waals surface area contributed by atoms with Crippen molar-refractivity contribution in [1.82, 2.24) is 10.6 Å². The van der Waals surface area contributed by atoms with Gasteiger partial charge in [0.1, 0.15) is 0 Å². The lowest BCUT2D eigenvalue weighted by molar-refractivity contribution is -0.138. The summed E-state index contributed by atoms with van der Waals surface area (Å²) in [4.78, 5) is 25.1. The van der Waals surface area contributed by atoms with Crippen molar-refractivity contribution < 1.29 is 9.59 Å². The van der Waals surface area contributed by atoms with Gasteiger partial charge in [0.15, 0.2) is 0 Å². The molecule has 0 saturated heterocycles. The summed E-state index contributed by atoms with van der Waals surface area (Å²) in [5, 5.41) is 6.10. The minimum atomic E-state index is -0.508. The summed E-state index contributed by atoms with van der Waals surface area (Å²) in [7, 11) is 0. The molecule has 0 spiro atoms. The van der Waals surface area contributed by atoms with Gasteiger partial charge in [0.2, 0.25) is 11.8 Å². The molecule has 4 nitrogen and oxygen atoms in total. The molecular formula is C19H26N2O2. The number of carbonyl (C=O) groups excluding carboxylic acids is 2. The Kier molecular flexibility index (Phi) is 4.99. The van der Waals surface area contributed by atoms with Crippen LogP contribution in [0.2, 0.25) is 0 Å². The standard InChI is InChI=1S/C19H26N2O2/c22-17(21-16-9-10-16)13-19(11-5-2-6-12-19)18(23)20-14-15-7-3-1-4-8-15/h1,3-4,7-8,16H,2,5-6,9-14H2,(H,20,23)(H,21,22). The van der Waals surface area contributed by atoms with Gasteiger partial charge in [-0.1, -0.05) is 49.6 Å². The number of hydrogen-bond donors (Lipinski definition) is 2. The van der Waals surface area contributed by atoms with Crippen LogP contribution in [0.1, 0.15) is 56.9 Å². The fourth-order valence-electron chi connectivity index (χ4n) is 3.49. The molecule has 2 aliphatic rings. The van der Waals surface area contributed by atoms with E-state index >= 15 is 0 Å². The molecule has 0 unspecified atom stereocenters. The van der Waals surface area contributed by atoms with Crippen LogP contribution in [-0.2, 0) is 16.1 Å². The third kappa shape index (κ3) is 4.34. The third-order valence-electron chi connectivity index (χ3n) is 5.03. The molecule has 2 saturated carbocycles. The summed E-state index contributed by atoms with van der Waals surface area (Å²) in [6.45, 7) is 0.533. The van der Waals surface area contributed by atoms with Gasteiger partial charge in [-0.05, 0) is 31.2 Å². The number of amides is 2. The zero-order valence-electron chi connectivity index (χ0n) is 13.6. The van der Waals surface area contributed by atoms with E-state index in [0.29, 0.717) is 19.0 Å². The van der Waals surface area contributed by atoms with E-state index in [1.165, 1.54) is 0 Å². The molecule has 2 N–H and O–H groups in total. The van der Waals surface area contributed by atoms with Crippen molar-refractivity contribution in [3.63, 3.8) is 0 Å². The average molecular weight is 314 g/mol. The predicted octanol–water partition coefficient (Wildman–Crippen LogP) is 2.92. The number of nitrogens with one attached hydrogen (secondary N) is 2. The second kappa shape index (κ2) is 7.16. The van der Waals surface area contributed by atoms with Crippen LogP contribution in [0.4, 0.5) is 0 Å². The molecule has 0 heterocycles. The van der Waals surface area contributed by atoms with Crippen LogP contribution in [0.25, 0.3) is 0 Å². The fraction of sp³-hybridized carbons (Fsp3) is 0.579. The first-order valence-corrected chi connectivity index (χ1v) is 8.80. The van der Waals surface area contributed by atoms with Gasteiger partial charge in [-0.3, -0.25) is 9.59 Å². The summed E-state index contributed by atoms with van der Waals surface area (Å²) in [5.74, 6) is 0.0938. The fourth-order valence-corrected chi connectivity index (χ4v) is 3.49. The molecule has 3 rings (SSSR count). The highest BCUT2D eigenvalue weighted by Gasteiger charge is 2.41. The summed E-state index contributed by atoms with van der Waals surface area (Å²) in [6.07, 6.45) is 7.39. The summed E-state index contributed by atoms with van der Waals surface area (Å²) < 4.78 is 0. The molecule has 0 radical (unpaired) electrons. The van der Waals surface area contributed by atoms with Crippen molar-refractivity contribution in [2.75, 3.05) is 0 Å². The Morgan fingerprint density at radius 1 is 1.04 bits per heavy atom. The SMILES string of the molecule is O=C(CC1(C(=O)NCc2ccccc2)CCCCC1)NC1CC1. The third-order valence-corrected chi connectivity index (χ3v) is 5.03. The molecule has 2 amide bonds. The molecule has 2 aliphatic carbocycles. The molecule has 124 valence electrons. The largest absolute Gasteiger partial charge is 0.353 e. The second-order valence-electron chi connectivity index (χ2n) is 7.03. The Balaban J connectivity index is 1.62. The monoisotopic (exact) mass is 314 g/mol. The van der Waals surface area contributed by atoms with Gasteiger partial charge in [0.25, 0.3) is 0 Å². The second-order valence-corrected chi connectivity index (χ2v) is 7.03. The number of carbonyl (C=O) groups is 2. The van der Waals surface area contributed by atoms with Crippen LogP contribution >= 0.6 is 0 Å². The van der Waals surface area contributed by atoms with E-state index < -0.39 is 5.41 Å². The van der Waals surface area contributed by atoms with E-state index in [9.17, 15) is 9.59 Å². The van der Waals surface area contributed by atoms with Gasteiger partial charge in [0, 0.05) is 19.0 Å². The van der Waals surface area contributed by atoms with Crippen LogP contribution in [0.15, 0.2) is 30.3 Å². The maximum Gasteiger partial charge on any atom is 0.227 e. The summed E-state index contributed by atoms with van der Waals surface area (Å²) in [6, 6.07) is 10.3. The Labute approximate surface area is 138 Å². The van der Waals surface area contributed by atoms with Gasteiger partial charge in [-0.15, -0.1) is 0 Å². The van der Waals surface area contributed by atoms with Crippen LogP contribution in [0, 0.1) is 5.41 Å². The highest BCUT2D eigenvalue weighted by atomic mass is 16.2. The van der Waals surface area contributed by atoms with Crippen LogP contribution in [0.3, 0.4) is 0 Å². The minimum Gasteiger partial charge on any atom is -0.353 e. The maximum absolute atomic E-state index is 12.8. The Morgan fingerprint density at radius 2 is 1.74 bits per heavy atom. The Hall–Kier alpha value is -1.84. The first-order valence-electron chi connectivity index (χ1n) is 8.80. The first-order chi connectivity index (χ1) is 11.2.